The number of aliphatic hydroxyl groups is 1. The normalized spacial score (nSPS) is 18.2. The third kappa shape index (κ3) is 4.94. The molecule has 0 aliphatic carbocycles. The minimum Gasteiger partial charge on any atom is -0.396 e. The lowest BCUT2D eigenvalue weighted by molar-refractivity contribution is 0.0792. The maximum atomic E-state index is 8.92. The van der Waals surface area contributed by atoms with Gasteiger partial charge in [-0.2, -0.15) is 0 Å². The van der Waals surface area contributed by atoms with E-state index in [1.54, 1.807) is 7.11 Å². The first-order valence-corrected chi connectivity index (χ1v) is 5.42. The van der Waals surface area contributed by atoms with Gasteiger partial charge in [0.2, 0.25) is 0 Å². The Kier molecular flexibility index (Phi) is 7.15. The van der Waals surface area contributed by atoms with Crippen LogP contribution in [0.3, 0.4) is 0 Å². The lowest BCUT2D eigenvalue weighted by Gasteiger charge is -2.28. The molecular weight excluding hydrogens is 178 g/mol. The molecule has 2 N–H and O–H groups in total. The van der Waals surface area contributed by atoms with Crippen molar-refractivity contribution < 1.29 is 9.84 Å². The molecule has 0 aromatic rings. The largest absolute Gasteiger partial charge is 0.396 e. The van der Waals surface area contributed by atoms with Crippen LogP contribution in [0.5, 0.6) is 0 Å². The molecule has 3 heteroatoms. The van der Waals surface area contributed by atoms with Gasteiger partial charge < -0.3 is 15.2 Å². The second kappa shape index (κ2) is 7.21. The summed E-state index contributed by atoms with van der Waals surface area (Å²) in [4.78, 5) is 0. The van der Waals surface area contributed by atoms with Crippen molar-refractivity contribution in [2.75, 3.05) is 13.7 Å². The summed E-state index contributed by atoms with van der Waals surface area (Å²) >= 11 is 0. The fourth-order valence-electron chi connectivity index (χ4n) is 1.43. The summed E-state index contributed by atoms with van der Waals surface area (Å²) in [5.41, 5.74) is 0. The molecule has 0 amide bonds. The SMILES string of the molecule is COC(C)C(C)NC(CCO)C(C)C. The van der Waals surface area contributed by atoms with Crippen molar-refractivity contribution in [3.05, 3.63) is 0 Å². The smallest absolute Gasteiger partial charge is 0.0693 e. The molecular formula is C11H25NO2. The van der Waals surface area contributed by atoms with Gasteiger partial charge >= 0.3 is 0 Å². The van der Waals surface area contributed by atoms with Crippen molar-refractivity contribution >= 4 is 0 Å². The van der Waals surface area contributed by atoms with Gasteiger partial charge in [0.1, 0.15) is 0 Å². The van der Waals surface area contributed by atoms with Gasteiger partial charge in [-0.3, -0.25) is 0 Å². The third-order valence-corrected chi connectivity index (χ3v) is 2.80. The molecule has 0 spiro atoms. The molecule has 0 aromatic heterocycles. The lowest BCUT2D eigenvalue weighted by Crippen LogP contribution is -2.45. The number of aliphatic hydroxyl groups excluding tert-OH is 1. The molecule has 3 atom stereocenters. The molecule has 0 radical (unpaired) electrons. The highest BCUT2D eigenvalue weighted by atomic mass is 16.5. The highest BCUT2D eigenvalue weighted by Gasteiger charge is 2.18. The predicted octanol–water partition coefficient (Wildman–Crippen LogP) is 1.41. The van der Waals surface area contributed by atoms with E-state index in [0.29, 0.717) is 18.0 Å². The quantitative estimate of drug-likeness (QED) is 0.657. The van der Waals surface area contributed by atoms with E-state index in [-0.39, 0.29) is 12.7 Å². The zero-order valence-corrected chi connectivity index (χ0v) is 10.1. The molecule has 86 valence electrons. The van der Waals surface area contributed by atoms with Gasteiger partial charge in [-0.05, 0) is 26.2 Å². The minimum atomic E-state index is 0.204. The standard InChI is InChI=1S/C11H25NO2/c1-8(2)11(6-7-13)12-9(3)10(4)14-5/h8-13H,6-7H2,1-5H3. The summed E-state index contributed by atoms with van der Waals surface area (Å²) in [5.74, 6) is 0.536. The zero-order valence-electron chi connectivity index (χ0n) is 10.1. The molecule has 0 aliphatic rings. The van der Waals surface area contributed by atoms with E-state index in [0.717, 1.165) is 6.42 Å². The van der Waals surface area contributed by atoms with E-state index < -0.39 is 0 Å². The second-order valence-electron chi connectivity index (χ2n) is 4.26. The molecule has 0 bridgehead atoms. The average molecular weight is 203 g/mol. The topological polar surface area (TPSA) is 41.5 Å². The van der Waals surface area contributed by atoms with E-state index in [4.69, 9.17) is 9.84 Å². The zero-order chi connectivity index (χ0) is 11.1. The minimum absolute atomic E-state index is 0.204. The number of methoxy groups -OCH3 is 1. The summed E-state index contributed by atoms with van der Waals surface area (Å²) in [7, 11) is 1.72. The summed E-state index contributed by atoms with van der Waals surface area (Å²) in [5, 5.41) is 12.4. The monoisotopic (exact) mass is 203 g/mol. The van der Waals surface area contributed by atoms with E-state index in [1.165, 1.54) is 0 Å². The second-order valence-corrected chi connectivity index (χ2v) is 4.26. The van der Waals surface area contributed by atoms with Gasteiger partial charge in [-0.1, -0.05) is 13.8 Å². The third-order valence-electron chi connectivity index (χ3n) is 2.80. The molecule has 0 aromatic carbocycles. The Morgan fingerprint density at radius 1 is 1.21 bits per heavy atom. The van der Waals surface area contributed by atoms with Crippen LogP contribution in [0.4, 0.5) is 0 Å². The number of nitrogens with one attached hydrogen (secondary N) is 1. The maximum Gasteiger partial charge on any atom is 0.0693 e. The first-order chi connectivity index (χ1) is 6.52. The molecule has 0 saturated heterocycles. The first-order valence-electron chi connectivity index (χ1n) is 5.42. The fourth-order valence-corrected chi connectivity index (χ4v) is 1.43. The maximum absolute atomic E-state index is 8.92. The molecule has 0 saturated carbocycles. The number of hydrogen-bond donors (Lipinski definition) is 2. The van der Waals surface area contributed by atoms with Gasteiger partial charge in [-0.15, -0.1) is 0 Å². The van der Waals surface area contributed by atoms with Crippen molar-refractivity contribution in [3.63, 3.8) is 0 Å². The Hall–Kier alpha value is -0.120. The molecule has 0 heterocycles. The molecule has 3 unspecified atom stereocenters. The van der Waals surface area contributed by atoms with Gasteiger partial charge in [-0.25, -0.2) is 0 Å². The summed E-state index contributed by atoms with van der Waals surface area (Å²) in [6.07, 6.45) is 1.01. The Morgan fingerprint density at radius 2 is 1.79 bits per heavy atom. The Morgan fingerprint density at radius 3 is 2.14 bits per heavy atom. The molecule has 3 nitrogen and oxygen atoms in total. The van der Waals surface area contributed by atoms with Crippen molar-refractivity contribution in [1.82, 2.24) is 5.32 Å². The van der Waals surface area contributed by atoms with Gasteiger partial charge in [0, 0.05) is 25.8 Å². The van der Waals surface area contributed by atoms with E-state index in [9.17, 15) is 0 Å². The summed E-state index contributed by atoms with van der Waals surface area (Å²) in [6, 6.07) is 0.687. The number of ether oxygens (including phenoxy) is 1. The molecule has 14 heavy (non-hydrogen) atoms. The Labute approximate surface area is 87.8 Å². The molecule has 0 fully saturated rings. The summed E-state index contributed by atoms with van der Waals surface area (Å²) in [6.45, 7) is 8.73. The van der Waals surface area contributed by atoms with Crippen LogP contribution in [-0.2, 0) is 4.74 Å². The lowest BCUT2D eigenvalue weighted by atomic mass is 9.99. The van der Waals surface area contributed by atoms with Crippen molar-refractivity contribution in [2.24, 2.45) is 5.92 Å². The van der Waals surface area contributed by atoms with Crippen molar-refractivity contribution in [1.29, 1.82) is 0 Å². The van der Waals surface area contributed by atoms with E-state index >= 15 is 0 Å². The number of hydrogen-bond acceptors (Lipinski definition) is 3. The van der Waals surface area contributed by atoms with Gasteiger partial charge in [0.15, 0.2) is 0 Å². The Bertz CT molecular complexity index is 139. The van der Waals surface area contributed by atoms with Crippen LogP contribution in [0.2, 0.25) is 0 Å². The highest BCUT2D eigenvalue weighted by molar-refractivity contribution is 4.77. The molecule has 0 rings (SSSR count). The van der Waals surface area contributed by atoms with Crippen molar-refractivity contribution in [3.8, 4) is 0 Å². The van der Waals surface area contributed by atoms with E-state index in [1.807, 2.05) is 6.92 Å². The summed E-state index contributed by atoms with van der Waals surface area (Å²) < 4.78 is 5.25. The van der Waals surface area contributed by atoms with Crippen LogP contribution in [0.25, 0.3) is 0 Å². The molecule has 0 aliphatic heterocycles. The van der Waals surface area contributed by atoms with Crippen LogP contribution >= 0.6 is 0 Å². The van der Waals surface area contributed by atoms with E-state index in [2.05, 4.69) is 26.1 Å². The van der Waals surface area contributed by atoms with Crippen LogP contribution < -0.4 is 5.32 Å². The van der Waals surface area contributed by atoms with Crippen molar-refractivity contribution in [2.45, 2.75) is 52.3 Å². The van der Waals surface area contributed by atoms with Gasteiger partial charge in [0.05, 0.1) is 6.10 Å². The van der Waals surface area contributed by atoms with Crippen LogP contribution in [-0.4, -0.2) is 37.0 Å². The Balaban J connectivity index is 4.01. The van der Waals surface area contributed by atoms with Crippen LogP contribution in [0, 0.1) is 5.92 Å². The highest BCUT2D eigenvalue weighted by Crippen LogP contribution is 2.08. The predicted molar refractivity (Wildman–Crippen MR) is 59.4 cm³/mol. The first kappa shape index (κ1) is 13.9. The van der Waals surface area contributed by atoms with Crippen LogP contribution in [0.1, 0.15) is 34.1 Å². The fraction of sp³-hybridized carbons (Fsp3) is 1.00. The number of rotatable bonds is 7. The van der Waals surface area contributed by atoms with Crippen LogP contribution in [0.15, 0.2) is 0 Å². The van der Waals surface area contributed by atoms with Gasteiger partial charge in [0.25, 0.3) is 0 Å². The average Bonchev–Trinajstić information content (AvgIpc) is 2.15.